The van der Waals surface area contributed by atoms with Gasteiger partial charge in [0.15, 0.2) is 11.5 Å². The highest BCUT2D eigenvalue weighted by molar-refractivity contribution is 7.84. The zero-order valence-corrected chi connectivity index (χ0v) is 9.75. The monoisotopic (exact) mass is 239 g/mol. The average Bonchev–Trinajstić information content (AvgIpc) is 2.72. The average molecular weight is 239 g/mol. The van der Waals surface area contributed by atoms with Crippen molar-refractivity contribution in [1.82, 2.24) is 19.9 Å². The third kappa shape index (κ3) is 2.54. The van der Waals surface area contributed by atoms with Gasteiger partial charge in [-0.25, -0.2) is 15.0 Å². The van der Waals surface area contributed by atoms with Crippen LogP contribution in [0.25, 0.3) is 11.2 Å². The Hall–Kier alpha value is -1.50. The van der Waals surface area contributed by atoms with Crippen molar-refractivity contribution in [3.8, 4) is 0 Å². The summed E-state index contributed by atoms with van der Waals surface area (Å²) in [7, 11) is -0.736. The third-order valence-electron chi connectivity index (χ3n) is 2.12. The zero-order chi connectivity index (χ0) is 11.4. The number of imidazole rings is 1. The molecule has 0 fully saturated rings. The fraction of sp³-hybridized carbons (Fsp3) is 0.444. The van der Waals surface area contributed by atoms with E-state index in [1.54, 1.807) is 12.6 Å². The van der Waals surface area contributed by atoms with Crippen LogP contribution in [0.3, 0.4) is 0 Å². The van der Waals surface area contributed by atoms with Crippen LogP contribution >= 0.6 is 0 Å². The topological polar surface area (TPSA) is 83.6 Å². The number of anilines is 1. The van der Waals surface area contributed by atoms with Crippen LogP contribution in [0.4, 0.5) is 5.82 Å². The van der Waals surface area contributed by atoms with Crippen molar-refractivity contribution >= 4 is 27.8 Å². The van der Waals surface area contributed by atoms with Crippen molar-refractivity contribution in [2.45, 2.75) is 6.42 Å². The van der Waals surface area contributed by atoms with E-state index >= 15 is 0 Å². The van der Waals surface area contributed by atoms with E-state index in [9.17, 15) is 4.21 Å². The Morgan fingerprint density at radius 2 is 2.31 bits per heavy atom. The molecule has 6 nitrogen and oxygen atoms in total. The van der Waals surface area contributed by atoms with E-state index in [4.69, 9.17) is 0 Å². The van der Waals surface area contributed by atoms with E-state index in [-0.39, 0.29) is 0 Å². The van der Waals surface area contributed by atoms with Gasteiger partial charge >= 0.3 is 0 Å². The van der Waals surface area contributed by atoms with Crippen LogP contribution in [0.5, 0.6) is 0 Å². The van der Waals surface area contributed by atoms with Crippen molar-refractivity contribution in [3.05, 3.63) is 12.7 Å². The second-order valence-corrected chi connectivity index (χ2v) is 4.94. The third-order valence-corrected chi connectivity index (χ3v) is 2.99. The molecule has 2 heterocycles. The Bertz CT molecular complexity index is 497. The Balaban J connectivity index is 1.98. The van der Waals surface area contributed by atoms with Gasteiger partial charge in [0.2, 0.25) is 0 Å². The maximum atomic E-state index is 10.9. The maximum absolute atomic E-state index is 10.9. The Morgan fingerprint density at radius 3 is 3.12 bits per heavy atom. The first-order chi connectivity index (χ1) is 7.77. The molecule has 86 valence electrons. The summed E-state index contributed by atoms with van der Waals surface area (Å²) >= 11 is 0. The van der Waals surface area contributed by atoms with E-state index in [0.29, 0.717) is 11.4 Å². The van der Waals surface area contributed by atoms with Crippen molar-refractivity contribution in [2.75, 3.05) is 23.9 Å². The summed E-state index contributed by atoms with van der Waals surface area (Å²) in [5.74, 6) is 1.44. The van der Waals surface area contributed by atoms with Gasteiger partial charge in [0, 0.05) is 29.4 Å². The number of nitrogens with zero attached hydrogens (tertiary/aromatic N) is 3. The number of aromatic nitrogens is 4. The molecule has 0 bridgehead atoms. The molecule has 16 heavy (non-hydrogen) atoms. The first kappa shape index (κ1) is 11.0. The smallest absolute Gasteiger partial charge is 0.182 e. The van der Waals surface area contributed by atoms with Crippen LogP contribution in [-0.2, 0) is 10.8 Å². The largest absolute Gasteiger partial charge is 0.368 e. The van der Waals surface area contributed by atoms with Gasteiger partial charge < -0.3 is 10.3 Å². The fourth-order valence-corrected chi connectivity index (χ4v) is 1.93. The van der Waals surface area contributed by atoms with E-state index in [1.807, 2.05) is 0 Å². The van der Waals surface area contributed by atoms with Crippen LogP contribution in [-0.4, -0.2) is 42.7 Å². The highest BCUT2D eigenvalue weighted by atomic mass is 32.2. The lowest BCUT2D eigenvalue weighted by Crippen LogP contribution is -2.07. The molecule has 0 radical (unpaired) electrons. The molecule has 0 saturated heterocycles. The molecule has 1 unspecified atom stereocenters. The van der Waals surface area contributed by atoms with Crippen LogP contribution in [0, 0.1) is 0 Å². The predicted octanol–water partition coefficient (Wildman–Crippen LogP) is 0.533. The zero-order valence-electron chi connectivity index (χ0n) is 8.93. The number of aromatic amines is 1. The first-order valence-corrected chi connectivity index (χ1v) is 6.68. The summed E-state index contributed by atoms with van der Waals surface area (Å²) in [5.41, 5.74) is 1.46. The van der Waals surface area contributed by atoms with Crippen molar-refractivity contribution in [3.63, 3.8) is 0 Å². The van der Waals surface area contributed by atoms with Crippen LogP contribution in [0.15, 0.2) is 12.7 Å². The standard InChI is InChI=1S/C9H13N5OS/c1-16(15)4-2-3-10-8-7-9(12-5-11-7)14-6-13-8/h5-6H,2-4H2,1H3,(H2,10,11,12,13,14). The Labute approximate surface area is 95.4 Å². The summed E-state index contributed by atoms with van der Waals surface area (Å²) in [6.45, 7) is 0.741. The molecule has 0 aromatic carbocycles. The molecule has 0 amide bonds. The molecule has 2 rings (SSSR count). The quantitative estimate of drug-likeness (QED) is 0.744. The molecule has 0 saturated carbocycles. The second-order valence-electron chi connectivity index (χ2n) is 3.38. The molecule has 0 aliphatic heterocycles. The van der Waals surface area contributed by atoms with Crippen LogP contribution < -0.4 is 5.32 Å². The fourth-order valence-electron chi connectivity index (χ4n) is 1.38. The number of rotatable bonds is 5. The number of nitrogens with one attached hydrogen (secondary N) is 2. The molecule has 0 aliphatic carbocycles. The summed E-state index contributed by atoms with van der Waals surface area (Å²) in [4.78, 5) is 15.2. The van der Waals surface area contributed by atoms with E-state index in [0.717, 1.165) is 24.3 Å². The summed E-state index contributed by atoms with van der Waals surface area (Å²) in [5, 5.41) is 3.17. The Morgan fingerprint density at radius 1 is 1.44 bits per heavy atom. The Kier molecular flexibility index (Phi) is 3.45. The minimum Gasteiger partial charge on any atom is -0.368 e. The summed E-state index contributed by atoms with van der Waals surface area (Å²) < 4.78 is 10.9. The van der Waals surface area contributed by atoms with Gasteiger partial charge in [-0.2, -0.15) is 0 Å². The van der Waals surface area contributed by atoms with Gasteiger partial charge in [0.1, 0.15) is 11.8 Å². The number of hydrogen-bond donors (Lipinski definition) is 2. The van der Waals surface area contributed by atoms with Gasteiger partial charge in [0.25, 0.3) is 0 Å². The lowest BCUT2D eigenvalue weighted by atomic mass is 10.4. The molecule has 1 atom stereocenters. The van der Waals surface area contributed by atoms with Crippen molar-refractivity contribution in [2.24, 2.45) is 0 Å². The highest BCUT2D eigenvalue weighted by Gasteiger charge is 2.04. The molecular formula is C9H13N5OS. The first-order valence-electron chi connectivity index (χ1n) is 4.95. The molecule has 0 spiro atoms. The minimum absolute atomic E-state index is 0.650. The number of fused-ring (bicyclic) bond motifs is 1. The lowest BCUT2D eigenvalue weighted by Gasteiger charge is -2.04. The molecule has 2 N–H and O–H groups in total. The van der Waals surface area contributed by atoms with Gasteiger partial charge in [-0.05, 0) is 6.42 Å². The van der Waals surface area contributed by atoms with Gasteiger partial charge in [0.05, 0.1) is 6.33 Å². The highest BCUT2D eigenvalue weighted by Crippen LogP contribution is 2.13. The molecule has 2 aromatic rings. The van der Waals surface area contributed by atoms with E-state index in [1.165, 1.54) is 6.33 Å². The second kappa shape index (κ2) is 5.02. The lowest BCUT2D eigenvalue weighted by molar-refractivity contribution is 0.685. The number of hydrogen-bond acceptors (Lipinski definition) is 5. The normalized spacial score (nSPS) is 12.8. The molecule has 7 heteroatoms. The minimum atomic E-state index is -0.736. The van der Waals surface area contributed by atoms with Gasteiger partial charge in [-0.3, -0.25) is 4.21 Å². The van der Waals surface area contributed by atoms with Gasteiger partial charge in [-0.15, -0.1) is 0 Å². The van der Waals surface area contributed by atoms with Crippen LogP contribution in [0.1, 0.15) is 6.42 Å². The van der Waals surface area contributed by atoms with Crippen molar-refractivity contribution in [1.29, 1.82) is 0 Å². The van der Waals surface area contributed by atoms with Gasteiger partial charge in [-0.1, -0.05) is 0 Å². The number of H-pyrrole nitrogens is 1. The van der Waals surface area contributed by atoms with Crippen LogP contribution in [0.2, 0.25) is 0 Å². The summed E-state index contributed by atoms with van der Waals surface area (Å²) in [6, 6.07) is 0. The maximum Gasteiger partial charge on any atom is 0.182 e. The SMILES string of the molecule is CS(=O)CCCNc1ncnc2nc[nH]c12. The molecule has 0 aliphatic rings. The predicted molar refractivity (Wildman–Crippen MR) is 63.7 cm³/mol. The van der Waals surface area contributed by atoms with E-state index in [2.05, 4.69) is 25.3 Å². The molecule has 2 aromatic heterocycles. The summed E-state index contributed by atoms with van der Waals surface area (Å²) in [6.07, 6.45) is 5.62. The van der Waals surface area contributed by atoms with E-state index < -0.39 is 10.8 Å². The van der Waals surface area contributed by atoms with Crippen molar-refractivity contribution < 1.29 is 4.21 Å². The molecular weight excluding hydrogens is 226 g/mol.